The number of hydrogen-bond acceptors (Lipinski definition) is 5. The average molecular weight is 419 g/mol. The first-order valence-corrected chi connectivity index (χ1v) is 8.72. The number of halogens is 1. The molecule has 0 saturated carbocycles. The van der Waals surface area contributed by atoms with Gasteiger partial charge in [0.15, 0.2) is 17.3 Å². The number of phenols is 1. The predicted octanol–water partition coefficient (Wildman–Crippen LogP) is 4.36. The number of aromatic hydroxyl groups is 1. The lowest BCUT2D eigenvalue weighted by Crippen LogP contribution is -1.97. The van der Waals surface area contributed by atoms with Crippen LogP contribution in [-0.4, -0.2) is 32.8 Å². The van der Waals surface area contributed by atoms with Crippen molar-refractivity contribution in [2.45, 2.75) is 6.92 Å². The van der Waals surface area contributed by atoms with Crippen molar-refractivity contribution >= 4 is 34.4 Å². The van der Waals surface area contributed by atoms with Crippen LogP contribution in [0.1, 0.15) is 12.5 Å². The number of H-pyrrole nitrogens is 1. The number of nitrogens with zero attached hydrogens (tertiary/aromatic N) is 3. The molecule has 0 aliphatic heterocycles. The van der Waals surface area contributed by atoms with Crippen LogP contribution in [0.2, 0.25) is 0 Å². The molecule has 1 aromatic heterocycles. The normalized spacial score (nSPS) is 11.1. The number of aromatic amines is 1. The van der Waals surface area contributed by atoms with Crippen LogP contribution in [0.15, 0.2) is 52.0 Å². The maximum Gasteiger partial charge on any atom is 0.216 e. The van der Waals surface area contributed by atoms with Crippen LogP contribution in [0.3, 0.4) is 0 Å². The van der Waals surface area contributed by atoms with Gasteiger partial charge in [0.05, 0.1) is 17.3 Å². The Morgan fingerprint density at radius 2 is 2.12 bits per heavy atom. The van der Waals surface area contributed by atoms with Crippen LogP contribution in [0.25, 0.3) is 11.4 Å². The molecule has 2 aromatic carbocycles. The molecule has 25 heavy (non-hydrogen) atoms. The van der Waals surface area contributed by atoms with Gasteiger partial charge in [-0.2, -0.15) is 14.9 Å². The van der Waals surface area contributed by atoms with Crippen molar-refractivity contribution in [2.24, 2.45) is 5.10 Å². The van der Waals surface area contributed by atoms with Crippen molar-refractivity contribution in [1.82, 2.24) is 14.9 Å². The van der Waals surface area contributed by atoms with Crippen molar-refractivity contribution < 1.29 is 9.84 Å². The van der Waals surface area contributed by atoms with Gasteiger partial charge in [-0.05, 0) is 52.8 Å². The summed E-state index contributed by atoms with van der Waals surface area (Å²) in [5.74, 6) is 1.06. The summed E-state index contributed by atoms with van der Waals surface area (Å²) in [6.45, 7) is 2.30. The zero-order chi connectivity index (χ0) is 17.8. The molecule has 8 heteroatoms. The van der Waals surface area contributed by atoms with Crippen molar-refractivity contribution in [3.05, 3.63) is 57.3 Å². The second-order valence-electron chi connectivity index (χ2n) is 5.06. The Kier molecular flexibility index (Phi) is 5.30. The van der Waals surface area contributed by atoms with E-state index in [0.717, 1.165) is 11.1 Å². The molecule has 3 rings (SSSR count). The van der Waals surface area contributed by atoms with Crippen LogP contribution < -0.4 is 4.74 Å². The van der Waals surface area contributed by atoms with Gasteiger partial charge < -0.3 is 9.84 Å². The molecule has 0 bridgehead atoms. The topological polar surface area (TPSA) is 75.4 Å². The minimum atomic E-state index is 0.0592. The van der Waals surface area contributed by atoms with Gasteiger partial charge >= 0.3 is 0 Å². The van der Waals surface area contributed by atoms with E-state index in [0.29, 0.717) is 27.4 Å². The highest BCUT2D eigenvalue weighted by Crippen LogP contribution is 2.35. The summed E-state index contributed by atoms with van der Waals surface area (Å²) < 4.78 is 7.89. The van der Waals surface area contributed by atoms with E-state index in [2.05, 4.69) is 31.2 Å². The van der Waals surface area contributed by atoms with Gasteiger partial charge in [-0.1, -0.05) is 30.3 Å². The molecular weight excluding hydrogens is 404 g/mol. The quantitative estimate of drug-likeness (QED) is 0.476. The zero-order valence-electron chi connectivity index (χ0n) is 13.3. The molecule has 0 radical (unpaired) electrons. The largest absolute Gasteiger partial charge is 0.503 e. The maximum absolute atomic E-state index is 9.99. The summed E-state index contributed by atoms with van der Waals surface area (Å²) in [6, 6.07) is 13.1. The molecule has 1 heterocycles. The van der Waals surface area contributed by atoms with E-state index in [-0.39, 0.29) is 5.75 Å². The Hall–Kier alpha value is -2.45. The standard InChI is InChI=1S/C17H15BrN4O2S/c1-2-24-14-9-11(8-13(18)15(14)23)10-19-22-16(20-21-17(22)25)12-6-4-3-5-7-12/h3-10,23H,2H2,1H3,(H,21,25)/b19-10-. The van der Waals surface area contributed by atoms with Gasteiger partial charge in [-0.25, -0.2) is 5.10 Å². The van der Waals surface area contributed by atoms with Gasteiger partial charge in [0, 0.05) is 5.56 Å². The molecule has 0 atom stereocenters. The highest BCUT2D eigenvalue weighted by molar-refractivity contribution is 9.10. The fourth-order valence-corrected chi connectivity index (χ4v) is 2.87. The van der Waals surface area contributed by atoms with Crippen molar-refractivity contribution in [3.63, 3.8) is 0 Å². The summed E-state index contributed by atoms with van der Waals surface area (Å²) in [4.78, 5) is 0. The van der Waals surface area contributed by atoms with Gasteiger partial charge in [-0.15, -0.1) is 0 Å². The first-order chi connectivity index (χ1) is 12.1. The second kappa shape index (κ2) is 7.62. The lowest BCUT2D eigenvalue weighted by Gasteiger charge is -2.08. The Morgan fingerprint density at radius 3 is 2.84 bits per heavy atom. The molecular formula is C17H15BrN4O2S. The first-order valence-electron chi connectivity index (χ1n) is 7.52. The van der Waals surface area contributed by atoms with E-state index in [9.17, 15) is 5.11 Å². The second-order valence-corrected chi connectivity index (χ2v) is 6.30. The Bertz CT molecular complexity index is 967. The molecule has 2 N–H and O–H groups in total. The molecule has 0 unspecified atom stereocenters. The van der Waals surface area contributed by atoms with Crippen LogP contribution in [0, 0.1) is 4.77 Å². The third kappa shape index (κ3) is 3.80. The maximum atomic E-state index is 9.99. The summed E-state index contributed by atoms with van der Waals surface area (Å²) in [6.07, 6.45) is 1.63. The highest BCUT2D eigenvalue weighted by atomic mass is 79.9. The molecule has 0 aliphatic rings. The summed E-state index contributed by atoms with van der Waals surface area (Å²) in [5, 5.41) is 21.4. The Labute approximate surface area is 157 Å². The lowest BCUT2D eigenvalue weighted by atomic mass is 10.2. The van der Waals surface area contributed by atoms with Gasteiger partial charge in [-0.3, -0.25) is 0 Å². The van der Waals surface area contributed by atoms with Crippen LogP contribution in [0.4, 0.5) is 0 Å². The SMILES string of the molecule is CCOc1cc(/C=N\n2c(-c3ccccc3)n[nH]c2=S)cc(Br)c1O. The number of rotatable bonds is 5. The molecule has 0 fully saturated rings. The number of ether oxygens (including phenoxy) is 1. The summed E-state index contributed by atoms with van der Waals surface area (Å²) in [5.41, 5.74) is 1.64. The smallest absolute Gasteiger partial charge is 0.216 e. The Balaban J connectivity index is 1.99. The van der Waals surface area contributed by atoms with Crippen LogP contribution >= 0.6 is 28.1 Å². The van der Waals surface area contributed by atoms with Crippen LogP contribution in [-0.2, 0) is 0 Å². The van der Waals surface area contributed by atoms with Gasteiger partial charge in [0.1, 0.15) is 0 Å². The van der Waals surface area contributed by atoms with E-state index in [1.165, 1.54) is 0 Å². The van der Waals surface area contributed by atoms with E-state index < -0.39 is 0 Å². The zero-order valence-corrected chi connectivity index (χ0v) is 15.7. The van der Waals surface area contributed by atoms with E-state index in [1.807, 2.05) is 37.3 Å². The summed E-state index contributed by atoms with van der Waals surface area (Å²) in [7, 11) is 0. The predicted molar refractivity (Wildman–Crippen MR) is 103 cm³/mol. The minimum absolute atomic E-state index is 0.0592. The third-order valence-electron chi connectivity index (χ3n) is 3.36. The lowest BCUT2D eigenvalue weighted by molar-refractivity contribution is 0.317. The van der Waals surface area contributed by atoms with Crippen molar-refractivity contribution in [2.75, 3.05) is 6.61 Å². The molecule has 0 aliphatic carbocycles. The van der Waals surface area contributed by atoms with Gasteiger partial charge in [0.25, 0.3) is 0 Å². The third-order valence-corrected chi connectivity index (χ3v) is 4.22. The molecule has 0 amide bonds. The minimum Gasteiger partial charge on any atom is -0.503 e. The number of hydrogen-bond donors (Lipinski definition) is 2. The fraction of sp³-hybridized carbons (Fsp3) is 0.118. The average Bonchev–Trinajstić information content (AvgIpc) is 2.99. The summed E-state index contributed by atoms with van der Waals surface area (Å²) >= 11 is 8.57. The molecule has 0 saturated heterocycles. The molecule has 0 spiro atoms. The van der Waals surface area contributed by atoms with Crippen LogP contribution in [0.5, 0.6) is 11.5 Å². The van der Waals surface area contributed by atoms with E-state index >= 15 is 0 Å². The number of aromatic nitrogens is 3. The number of benzene rings is 2. The van der Waals surface area contributed by atoms with E-state index in [1.54, 1.807) is 23.0 Å². The number of nitrogens with one attached hydrogen (secondary N) is 1. The van der Waals surface area contributed by atoms with Crippen molar-refractivity contribution in [3.8, 4) is 22.9 Å². The Morgan fingerprint density at radius 1 is 1.36 bits per heavy atom. The molecule has 3 aromatic rings. The van der Waals surface area contributed by atoms with Crippen molar-refractivity contribution in [1.29, 1.82) is 0 Å². The molecule has 128 valence electrons. The van der Waals surface area contributed by atoms with Gasteiger partial charge in [0.2, 0.25) is 4.77 Å². The monoisotopic (exact) mass is 418 g/mol. The highest BCUT2D eigenvalue weighted by Gasteiger charge is 2.10. The fourth-order valence-electron chi connectivity index (χ4n) is 2.23. The number of phenolic OH excluding ortho intramolecular Hbond substituents is 1. The van der Waals surface area contributed by atoms with E-state index in [4.69, 9.17) is 17.0 Å². The first kappa shape index (κ1) is 17.4. The molecule has 6 nitrogen and oxygen atoms in total.